The van der Waals surface area contributed by atoms with Crippen LogP contribution in [0.4, 0.5) is 9.93 Å². The SMILES string of the molecule is Cc1cnc(NCCOc2ccc(C3c4c(c5cc(Cl)ccc5n4N)CCN3C(=O)Oc3ccc(Cl)cc3)cc2)s1. The van der Waals surface area contributed by atoms with Gasteiger partial charge in [0, 0.05) is 33.1 Å². The number of halogens is 2. The number of thiazole rings is 1. The predicted molar refractivity (Wildman–Crippen MR) is 164 cm³/mol. The van der Waals surface area contributed by atoms with E-state index in [2.05, 4.69) is 10.3 Å². The highest BCUT2D eigenvalue weighted by molar-refractivity contribution is 7.15. The lowest BCUT2D eigenvalue weighted by Gasteiger charge is -2.36. The van der Waals surface area contributed by atoms with Gasteiger partial charge >= 0.3 is 6.09 Å². The zero-order valence-corrected chi connectivity index (χ0v) is 24.5. The fourth-order valence-corrected chi connectivity index (χ4v) is 6.14. The molecule has 5 aromatic rings. The van der Waals surface area contributed by atoms with Gasteiger partial charge in [0.1, 0.15) is 24.1 Å². The molecule has 1 unspecified atom stereocenters. The van der Waals surface area contributed by atoms with Crippen LogP contribution < -0.4 is 20.6 Å². The van der Waals surface area contributed by atoms with Gasteiger partial charge in [-0.15, -0.1) is 11.3 Å². The molecule has 41 heavy (non-hydrogen) atoms. The van der Waals surface area contributed by atoms with Crippen molar-refractivity contribution in [3.05, 3.63) is 105 Å². The Bertz CT molecular complexity index is 1700. The minimum absolute atomic E-state index is 0.411. The molecular formula is C30H27Cl2N5O3S. The molecule has 0 aliphatic carbocycles. The second-order valence-electron chi connectivity index (χ2n) is 9.68. The van der Waals surface area contributed by atoms with Gasteiger partial charge < -0.3 is 20.6 Å². The number of nitrogens with zero attached hydrogens (tertiary/aromatic N) is 3. The van der Waals surface area contributed by atoms with Crippen LogP contribution >= 0.6 is 34.5 Å². The molecule has 0 fully saturated rings. The number of amides is 1. The van der Waals surface area contributed by atoms with Gasteiger partial charge in [-0.25, -0.2) is 9.78 Å². The number of benzene rings is 3. The molecule has 0 radical (unpaired) electrons. The second-order valence-corrected chi connectivity index (χ2v) is 11.8. The van der Waals surface area contributed by atoms with Gasteiger partial charge in [0.05, 0.1) is 17.8 Å². The first-order valence-corrected chi connectivity index (χ1v) is 14.7. The zero-order valence-electron chi connectivity index (χ0n) is 22.1. The number of aromatic nitrogens is 2. The van der Waals surface area contributed by atoms with Gasteiger partial charge in [0.25, 0.3) is 0 Å². The highest BCUT2D eigenvalue weighted by Gasteiger charge is 2.37. The van der Waals surface area contributed by atoms with Gasteiger partial charge in [-0.05, 0) is 79.1 Å². The fourth-order valence-electron chi connectivity index (χ4n) is 5.15. The number of rotatable bonds is 7. The van der Waals surface area contributed by atoms with Crippen molar-refractivity contribution in [1.29, 1.82) is 0 Å². The van der Waals surface area contributed by atoms with Crippen LogP contribution in [-0.2, 0) is 6.42 Å². The van der Waals surface area contributed by atoms with Gasteiger partial charge in [-0.3, -0.25) is 9.58 Å². The lowest BCUT2D eigenvalue weighted by molar-refractivity contribution is 0.134. The van der Waals surface area contributed by atoms with Crippen LogP contribution in [0.1, 0.15) is 27.7 Å². The van der Waals surface area contributed by atoms with Gasteiger partial charge in [-0.1, -0.05) is 35.3 Å². The lowest BCUT2D eigenvalue weighted by Crippen LogP contribution is -2.43. The van der Waals surface area contributed by atoms with E-state index in [1.165, 1.54) is 0 Å². The van der Waals surface area contributed by atoms with Gasteiger partial charge in [0.15, 0.2) is 5.13 Å². The average Bonchev–Trinajstić information content (AvgIpc) is 3.52. The number of nitrogens with one attached hydrogen (secondary N) is 1. The first kappa shape index (κ1) is 27.3. The summed E-state index contributed by atoms with van der Waals surface area (Å²) in [7, 11) is 0. The monoisotopic (exact) mass is 607 g/mol. The van der Waals surface area contributed by atoms with Crippen molar-refractivity contribution >= 4 is 56.7 Å². The zero-order chi connectivity index (χ0) is 28.5. The lowest BCUT2D eigenvalue weighted by atomic mass is 9.92. The molecule has 3 heterocycles. The van der Waals surface area contributed by atoms with E-state index in [1.807, 2.05) is 55.6 Å². The third-order valence-electron chi connectivity index (χ3n) is 7.00. The molecule has 8 nitrogen and oxygen atoms in total. The molecule has 0 saturated carbocycles. The van der Waals surface area contributed by atoms with Crippen LogP contribution in [-0.4, -0.2) is 40.3 Å². The quantitative estimate of drug-likeness (QED) is 0.152. The molecule has 2 aromatic heterocycles. The third-order valence-corrected chi connectivity index (χ3v) is 8.36. The Morgan fingerprint density at radius 2 is 1.80 bits per heavy atom. The Balaban J connectivity index is 1.28. The minimum Gasteiger partial charge on any atom is -0.492 e. The summed E-state index contributed by atoms with van der Waals surface area (Å²) in [6.07, 6.45) is 1.97. The van der Waals surface area contributed by atoms with E-state index in [-0.39, 0.29) is 0 Å². The van der Waals surface area contributed by atoms with Crippen LogP contribution in [0.2, 0.25) is 10.0 Å². The molecular weight excluding hydrogens is 581 g/mol. The van der Waals surface area contributed by atoms with Crippen molar-refractivity contribution in [3.8, 4) is 11.5 Å². The number of fused-ring (bicyclic) bond motifs is 3. The topological polar surface area (TPSA) is 94.6 Å². The Hall–Kier alpha value is -3.92. The molecule has 1 atom stereocenters. The van der Waals surface area contributed by atoms with E-state index in [0.29, 0.717) is 41.9 Å². The number of anilines is 1. The Morgan fingerprint density at radius 3 is 2.54 bits per heavy atom. The average molecular weight is 609 g/mol. The number of hydrogen-bond donors (Lipinski definition) is 2. The van der Waals surface area contributed by atoms with Crippen molar-refractivity contribution in [2.75, 3.05) is 30.9 Å². The molecule has 6 rings (SSSR count). The van der Waals surface area contributed by atoms with Gasteiger partial charge in [0.2, 0.25) is 0 Å². The number of carbonyl (C=O) groups is 1. The van der Waals surface area contributed by atoms with Crippen molar-refractivity contribution in [1.82, 2.24) is 14.6 Å². The standard InChI is InChI=1S/C30H27Cl2N5O3S/c1-18-17-35-29(41-18)34-13-15-39-22-7-2-19(3-8-22)27-28-24(25-16-21(32)6-11-26(25)37(28)33)12-14-36(27)30(38)40-23-9-4-20(31)5-10-23/h2-11,16-17,27H,12-15,33H2,1H3,(H,34,35). The van der Waals surface area contributed by atoms with Crippen molar-refractivity contribution in [3.63, 3.8) is 0 Å². The van der Waals surface area contributed by atoms with Gasteiger partial charge in [-0.2, -0.15) is 0 Å². The molecule has 1 aliphatic heterocycles. The molecule has 210 valence electrons. The molecule has 11 heteroatoms. The molecule has 0 bridgehead atoms. The van der Waals surface area contributed by atoms with Crippen molar-refractivity contribution < 1.29 is 14.3 Å². The number of hydrogen-bond acceptors (Lipinski definition) is 7. The molecule has 3 N–H and O–H groups in total. The van der Waals surface area contributed by atoms with Crippen LogP contribution in [0.5, 0.6) is 11.5 Å². The van der Waals surface area contributed by atoms with Crippen LogP contribution in [0.15, 0.2) is 72.9 Å². The second kappa shape index (κ2) is 11.5. The van der Waals surface area contributed by atoms with E-state index in [4.69, 9.17) is 38.5 Å². The van der Waals surface area contributed by atoms with E-state index < -0.39 is 12.1 Å². The molecule has 3 aromatic carbocycles. The fraction of sp³-hybridized carbons (Fsp3) is 0.200. The Kier molecular flexibility index (Phi) is 7.66. The normalized spacial score (nSPS) is 14.6. The minimum atomic E-state index is -0.487. The highest BCUT2D eigenvalue weighted by atomic mass is 35.5. The maximum atomic E-state index is 13.6. The van der Waals surface area contributed by atoms with Crippen LogP contribution in [0.3, 0.4) is 0 Å². The number of ether oxygens (including phenoxy) is 2. The molecule has 0 spiro atoms. The summed E-state index contributed by atoms with van der Waals surface area (Å²) in [5, 5.41) is 6.31. The Morgan fingerprint density at radius 1 is 1.07 bits per heavy atom. The number of aryl methyl sites for hydroxylation is 1. The third kappa shape index (κ3) is 5.66. The first-order valence-electron chi connectivity index (χ1n) is 13.1. The van der Waals surface area contributed by atoms with E-state index >= 15 is 0 Å². The largest absolute Gasteiger partial charge is 0.492 e. The van der Waals surface area contributed by atoms with E-state index in [0.717, 1.165) is 43.5 Å². The summed E-state index contributed by atoms with van der Waals surface area (Å²) < 4.78 is 13.4. The number of nitrogen functional groups attached to an aromatic ring is 1. The summed E-state index contributed by atoms with van der Waals surface area (Å²) >= 11 is 14.0. The Labute approximate surface area is 251 Å². The summed E-state index contributed by atoms with van der Waals surface area (Å²) in [4.78, 5) is 20.7. The first-order chi connectivity index (χ1) is 19.9. The summed E-state index contributed by atoms with van der Waals surface area (Å²) in [5.74, 6) is 7.80. The van der Waals surface area contributed by atoms with Crippen LogP contribution in [0, 0.1) is 6.92 Å². The maximum Gasteiger partial charge on any atom is 0.416 e. The predicted octanol–water partition coefficient (Wildman–Crippen LogP) is 7.06. The number of carbonyl (C=O) groups excluding carboxylic acids is 1. The molecule has 1 amide bonds. The number of nitrogens with two attached hydrogens (primary N) is 1. The highest BCUT2D eigenvalue weighted by Crippen LogP contribution is 2.41. The summed E-state index contributed by atoms with van der Waals surface area (Å²) in [5.41, 5.74) is 3.61. The molecule has 0 saturated heterocycles. The van der Waals surface area contributed by atoms with Crippen LogP contribution in [0.25, 0.3) is 10.9 Å². The summed E-state index contributed by atoms with van der Waals surface area (Å²) in [6, 6.07) is 19.6. The molecule has 1 aliphatic rings. The van der Waals surface area contributed by atoms with E-state index in [9.17, 15) is 4.79 Å². The van der Waals surface area contributed by atoms with Crippen molar-refractivity contribution in [2.45, 2.75) is 19.4 Å². The summed E-state index contributed by atoms with van der Waals surface area (Å²) in [6.45, 7) is 3.56. The smallest absolute Gasteiger partial charge is 0.416 e. The van der Waals surface area contributed by atoms with Crippen molar-refractivity contribution in [2.24, 2.45) is 0 Å². The maximum absolute atomic E-state index is 13.6. The van der Waals surface area contributed by atoms with E-state index in [1.54, 1.807) is 45.2 Å².